The van der Waals surface area contributed by atoms with Crippen molar-refractivity contribution in [1.82, 2.24) is 0 Å². The number of benzene rings is 1. The third-order valence-electron chi connectivity index (χ3n) is 3.28. The van der Waals surface area contributed by atoms with Crippen LogP contribution in [0.15, 0.2) is 18.2 Å². The highest BCUT2D eigenvalue weighted by Gasteiger charge is 2.07. The third kappa shape index (κ3) is 7.88. The molecule has 1 aromatic carbocycles. The molecule has 0 aliphatic heterocycles. The molecular weight excluding hydrogens is 306 g/mol. The van der Waals surface area contributed by atoms with Crippen molar-refractivity contribution in [2.24, 2.45) is 0 Å². The van der Waals surface area contributed by atoms with Crippen molar-refractivity contribution in [3.8, 4) is 5.75 Å². The molecule has 0 unspecified atom stereocenters. The Kier molecular flexibility index (Phi) is 8.36. The maximum absolute atomic E-state index is 11.8. The molecule has 1 rings (SSSR count). The molecule has 22 heavy (non-hydrogen) atoms. The van der Waals surface area contributed by atoms with E-state index in [2.05, 4.69) is 5.32 Å². The molecule has 1 amide bonds. The molecule has 0 aliphatic carbocycles. The van der Waals surface area contributed by atoms with Gasteiger partial charge in [-0.25, -0.2) is 0 Å². The highest BCUT2D eigenvalue weighted by Crippen LogP contribution is 2.26. The summed E-state index contributed by atoms with van der Waals surface area (Å²) in [7, 11) is 0. The van der Waals surface area contributed by atoms with E-state index in [0.29, 0.717) is 23.6 Å². The van der Waals surface area contributed by atoms with E-state index < -0.39 is 5.97 Å². The van der Waals surface area contributed by atoms with E-state index >= 15 is 0 Å². The van der Waals surface area contributed by atoms with Crippen molar-refractivity contribution < 1.29 is 19.8 Å². The maximum atomic E-state index is 11.8. The van der Waals surface area contributed by atoms with Gasteiger partial charge < -0.3 is 15.5 Å². The summed E-state index contributed by atoms with van der Waals surface area (Å²) in [5, 5.41) is 21.2. The van der Waals surface area contributed by atoms with E-state index in [4.69, 9.17) is 16.7 Å². The Morgan fingerprint density at radius 3 is 2.23 bits per heavy atom. The number of carbonyl (C=O) groups is 2. The summed E-state index contributed by atoms with van der Waals surface area (Å²) < 4.78 is 0. The van der Waals surface area contributed by atoms with Gasteiger partial charge in [-0.15, -0.1) is 0 Å². The van der Waals surface area contributed by atoms with Crippen molar-refractivity contribution in [2.45, 2.75) is 51.4 Å². The molecular formula is C16H22ClNO4. The van der Waals surface area contributed by atoms with Gasteiger partial charge in [-0.1, -0.05) is 37.3 Å². The van der Waals surface area contributed by atoms with E-state index in [1.807, 2.05) is 0 Å². The number of hydrogen-bond donors (Lipinski definition) is 3. The van der Waals surface area contributed by atoms with Crippen LogP contribution in [0.4, 0.5) is 5.69 Å². The first-order valence-electron chi connectivity index (χ1n) is 7.49. The number of carbonyl (C=O) groups excluding carboxylic acids is 1. The summed E-state index contributed by atoms with van der Waals surface area (Å²) in [6, 6.07) is 4.50. The molecule has 0 spiro atoms. The number of hydrogen-bond acceptors (Lipinski definition) is 3. The lowest BCUT2D eigenvalue weighted by Gasteiger charge is -2.07. The average molecular weight is 328 g/mol. The van der Waals surface area contributed by atoms with Crippen LogP contribution in [0.25, 0.3) is 0 Å². The van der Waals surface area contributed by atoms with Gasteiger partial charge in [0.05, 0.1) is 5.69 Å². The monoisotopic (exact) mass is 327 g/mol. The van der Waals surface area contributed by atoms with Gasteiger partial charge in [-0.2, -0.15) is 0 Å². The lowest BCUT2D eigenvalue weighted by atomic mass is 10.1. The third-order valence-corrected chi connectivity index (χ3v) is 3.51. The van der Waals surface area contributed by atoms with Crippen LogP contribution >= 0.6 is 11.6 Å². The Hall–Kier alpha value is -1.75. The molecule has 0 heterocycles. The van der Waals surface area contributed by atoms with Gasteiger partial charge >= 0.3 is 5.97 Å². The molecule has 0 saturated carbocycles. The lowest BCUT2D eigenvalue weighted by Crippen LogP contribution is -2.11. The molecule has 122 valence electrons. The van der Waals surface area contributed by atoms with Crippen molar-refractivity contribution in [3.63, 3.8) is 0 Å². The van der Waals surface area contributed by atoms with E-state index in [-0.39, 0.29) is 18.1 Å². The van der Waals surface area contributed by atoms with Crippen molar-refractivity contribution in [2.75, 3.05) is 5.32 Å². The number of carboxylic acid groups (broad SMARTS) is 1. The van der Waals surface area contributed by atoms with Crippen molar-refractivity contribution in [3.05, 3.63) is 23.2 Å². The van der Waals surface area contributed by atoms with Crippen LogP contribution in [-0.4, -0.2) is 22.1 Å². The first kappa shape index (κ1) is 18.3. The zero-order chi connectivity index (χ0) is 16.4. The lowest BCUT2D eigenvalue weighted by molar-refractivity contribution is -0.137. The number of aliphatic carboxylic acids is 1. The van der Waals surface area contributed by atoms with Gasteiger partial charge in [0.15, 0.2) is 0 Å². The zero-order valence-corrected chi connectivity index (χ0v) is 13.2. The molecule has 0 atom stereocenters. The maximum Gasteiger partial charge on any atom is 0.303 e. The molecule has 0 aromatic heterocycles. The number of phenolic OH excluding ortho intramolecular Hbond substituents is 1. The fraction of sp³-hybridized carbons (Fsp3) is 0.500. The van der Waals surface area contributed by atoms with Crippen LogP contribution in [0.5, 0.6) is 5.75 Å². The fourth-order valence-corrected chi connectivity index (χ4v) is 2.26. The number of carboxylic acids is 1. The number of rotatable bonds is 10. The summed E-state index contributed by atoms with van der Waals surface area (Å²) in [6.07, 6.45) is 5.93. The molecule has 6 heteroatoms. The summed E-state index contributed by atoms with van der Waals surface area (Å²) in [5.41, 5.74) is 0.325. The van der Waals surface area contributed by atoms with E-state index in [1.54, 1.807) is 6.07 Å². The molecule has 0 radical (unpaired) electrons. The van der Waals surface area contributed by atoms with Gasteiger partial charge in [0.25, 0.3) is 0 Å². The minimum Gasteiger partial charge on any atom is -0.506 e. The van der Waals surface area contributed by atoms with Crippen LogP contribution in [0, 0.1) is 0 Å². The highest BCUT2D eigenvalue weighted by atomic mass is 35.5. The van der Waals surface area contributed by atoms with E-state index in [9.17, 15) is 14.7 Å². The Morgan fingerprint density at radius 2 is 1.59 bits per heavy atom. The van der Waals surface area contributed by atoms with Gasteiger partial charge in [0.1, 0.15) is 5.75 Å². The van der Waals surface area contributed by atoms with Crippen LogP contribution in [0.2, 0.25) is 5.02 Å². The minimum atomic E-state index is -0.749. The van der Waals surface area contributed by atoms with Crippen molar-refractivity contribution >= 4 is 29.2 Å². The summed E-state index contributed by atoms with van der Waals surface area (Å²) >= 11 is 5.81. The molecule has 0 aliphatic rings. The number of aromatic hydroxyl groups is 1. The number of nitrogens with one attached hydrogen (secondary N) is 1. The Labute approximate surface area is 135 Å². The predicted octanol–water partition coefficient (Wildman–Crippen LogP) is 4.19. The number of halogens is 1. The number of unbranched alkanes of at least 4 members (excludes halogenated alkanes) is 5. The Morgan fingerprint density at radius 1 is 1.00 bits per heavy atom. The topological polar surface area (TPSA) is 86.6 Å². The van der Waals surface area contributed by atoms with Crippen LogP contribution in [0.1, 0.15) is 51.4 Å². The predicted molar refractivity (Wildman–Crippen MR) is 86.3 cm³/mol. The largest absolute Gasteiger partial charge is 0.506 e. The summed E-state index contributed by atoms with van der Waals surface area (Å²) in [5.74, 6) is -0.902. The SMILES string of the molecule is O=C(O)CCCCCCCCC(=O)Nc1cc(Cl)ccc1O. The fourth-order valence-electron chi connectivity index (χ4n) is 2.09. The molecule has 0 fully saturated rings. The van der Waals surface area contributed by atoms with Crippen molar-refractivity contribution in [1.29, 1.82) is 0 Å². The quantitative estimate of drug-likeness (QED) is 0.444. The van der Waals surface area contributed by atoms with E-state index in [0.717, 1.165) is 32.1 Å². The van der Waals surface area contributed by atoms with Crippen LogP contribution < -0.4 is 5.32 Å². The second-order valence-corrected chi connectivity index (χ2v) is 5.66. The normalized spacial score (nSPS) is 10.4. The molecule has 5 nitrogen and oxygen atoms in total. The molecule has 0 saturated heterocycles. The molecule has 1 aromatic rings. The average Bonchev–Trinajstić information content (AvgIpc) is 2.45. The number of anilines is 1. The second kappa shape index (κ2) is 10.1. The number of phenols is 1. The summed E-state index contributed by atoms with van der Waals surface area (Å²) in [6.45, 7) is 0. The summed E-state index contributed by atoms with van der Waals surface area (Å²) in [4.78, 5) is 22.1. The van der Waals surface area contributed by atoms with Gasteiger partial charge in [-0.05, 0) is 31.0 Å². The highest BCUT2D eigenvalue weighted by molar-refractivity contribution is 6.31. The van der Waals surface area contributed by atoms with E-state index in [1.165, 1.54) is 12.1 Å². The number of amides is 1. The zero-order valence-electron chi connectivity index (χ0n) is 12.5. The van der Waals surface area contributed by atoms with Gasteiger partial charge in [0.2, 0.25) is 5.91 Å². The molecule has 0 bridgehead atoms. The van der Waals surface area contributed by atoms with Crippen LogP contribution in [-0.2, 0) is 9.59 Å². The van der Waals surface area contributed by atoms with Gasteiger partial charge in [-0.3, -0.25) is 9.59 Å². The standard InChI is InChI=1S/C16H22ClNO4/c17-12-9-10-14(19)13(11-12)18-15(20)7-5-3-1-2-4-6-8-16(21)22/h9-11,19H,1-8H2,(H,18,20)(H,21,22). The Bertz CT molecular complexity index is 505. The first-order valence-corrected chi connectivity index (χ1v) is 7.87. The molecule has 3 N–H and O–H groups in total. The second-order valence-electron chi connectivity index (χ2n) is 5.22. The first-order chi connectivity index (χ1) is 10.5. The smallest absolute Gasteiger partial charge is 0.303 e. The van der Waals surface area contributed by atoms with Gasteiger partial charge in [0, 0.05) is 17.9 Å². The Balaban J connectivity index is 2.11. The minimum absolute atomic E-state index is 0.00354. The van der Waals surface area contributed by atoms with Crippen LogP contribution in [0.3, 0.4) is 0 Å².